The van der Waals surface area contributed by atoms with E-state index in [4.69, 9.17) is 0 Å². The van der Waals surface area contributed by atoms with E-state index in [0.29, 0.717) is 17.5 Å². The van der Waals surface area contributed by atoms with Gasteiger partial charge in [0.1, 0.15) is 12.4 Å². The highest BCUT2D eigenvalue weighted by molar-refractivity contribution is 7.92. The Hall–Kier alpha value is -3.96. The van der Waals surface area contributed by atoms with Gasteiger partial charge in [-0.15, -0.1) is 5.10 Å². The molecule has 0 radical (unpaired) electrons. The number of para-hydroxylation sites is 1. The fourth-order valence-electron chi connectivity index (χ4n) is 3.65. The largest absolute Gasteiger partial charge is 0.388 e. The molecule has 0 atom stereocenters. The predicted octanol–water partition coefficient (Wildman–Crippen LogP) is 2.90. The zero-order valence-electron chi connectivity index (χ0n) is 17.9. The lowest BCUT2D eigenvalue weighted by Gasteiger charge is -2.20. The van der Waals surface area contributed by atoms with Gasteiger partial charge >= 0.3 is 0 Å². The lowest BCUT2D eigenvalue weighted by Crippen LogP contribution is -2.25. The molecule has 10 nitrogen and oxygen atoms in total. The highest BCUT2D eigenvalue weighted by atomic mass is 32.2. The van der Waals surface area contributed by atoms with E-state index in [9.17, 15) is 13.5 Å². The number of rotatable bonds is 6. The number of hydrogen-bond acceptors (Lipinski definition) is 7. The fourth-order valence-corrected chi connectivity index (χ4v) is 4.17. The Morgan fingerprint density at radius 3 is 2.76 bits per heavy atom. The quantitative estimate of drug-likeness (QED) is 0.353. The molecule has 0 saturated heterocycles. The van der Waals surface area contributed by atoms with Crippen molar-refractivity contribution < 1.29 is 13.5 Å². The molecular weight excluding hydrogens is 442 g/mol. The molecule has 3 aromatic heterocycles. The van der Waals surface area contributed by atoms with Gasteiger partial charge in [-0.05, 0) is 36.4 Å². The van der Waals surface area contributed by atoms with E-state index in [-0.39, 0.29) is 6.61 Å². The summed E-state index contributed by atoms with van der Waals surface area (Å²) in [5, 5.41) is 17.1. The molecule has 168 valence electrons. The molecule has 11 heteroatoms. The van der Waals surface area contributed by atoms with E-state index in [1.807, 2.05) is 42.5 Å². The molecule has 0 aliphatic carbocycles. The number of hydrogen-bond donors (Lipinski definition) is 3. The molecule has 5 rings (SSSR count). The number of imidazole rings is 1. The van der Waals surface area contributed by atoms with E-state index in [2.05, 4.69) is 25.4 Å². The average Bonchev–Trinajstić information content (AvgIpc) is 3.41. The summed E-state index contributed by atoms with van der Waals surface area (Å²) in [6.45, 7) is -0.163. The van der Waals surface area contributed by atoms with Crippen molar-refractivity contribution in [1.82, 2.24) is 24.6 Å². The van der Waals surface area contributed by atoms with E-state index in [0.717, 1.165) is 33.5 Å². The summed E-state index contributed by atoms with van der Waals surface area (Å²) in [7, 11) is -1.91. The third kappa shape index (κ3) is 3.88. The highest BCUT2D eigenvalue weighted by Gasteiger charge is 2.18. The van der Waals surface area contributed by atoms with Crippen LogP contribution in [0.15, 0.2) is 60.8 Å². The molecule has 0 unspecified atom stereocenters. The summed E-state index contributed by atoms with van der Waals surface area (Å²) < 4.78 is 27.3. The molecule has 0 amide bonds. The third-order valence-corrected chi connectivity index (χ3v) is 6.54. The highest BCUT2D eigenvalue weighted by Crippen LogP contribution is 2.32. The number of aromatic nitrogens is 5. The van der Waals surface area contributed by atoms with Crippen LogP contribution in [0.5, 0.6) is 0 Å². The van der Waals surface area contributed by atoms with Gasteiger partial charge in [0, 0.05) is 18.3 Å². The minimum absolute atomic E-state index is 0.163. The van der Waals surface area contributed by atoms with Crippen molar-refractivity contribution in [1.29, 1.82) is 0 Å². The zero-order chi connectivity index (χ0) is 23.2. The summed E-state index contributed by atoms with van der Waals surface area (Å²) in [6, 6.07) is 16.6. The van der Waals surface area contributed by atoms with Gasteiger partial charge < -0.3 is 15.4 Å². The first-order chi connectivity index (χ1) is 15.8. The van der Waals surface area contributed by atoms with Crippen molar-refractivity contribution in [2.75, 3.05) is 22.9 Å². The lowest BCUT2D eigenvalue weighted by molar-refractivity contribution is 0.273. The minimum atomic E-state index is -3.43. The normalized spacial score (nSPS) is 11.8. The monoisotopic (exact) mass is 463 g/mol. The first-order valence-corrected chi connectivity index (χ1v) is 11.9. The summed E-state index contributed by atoms with van der Waals surface area (Å²) in [4.78, 5) is 11.7. The number of aliphatic hydroxyl groups is 1. The Balaban J connectivity index is 1.54. The van der Waals surface area contributed by atoms with Gasteiger partial charge in [-0.3, -0.25) is 4.31 Å². The van der Waals surface area contributed by atoms with Crippen LogP contribution in [0.4, 0.5) is 17.3 Å². The van der Waals surface area contributed by atoms with Crippen molar-refractivity contribution in [3.8, 4) is 11.3 Å². The smallest absolute Gasteiger partial charge is 0.245 e. The number of H-pyrrole nitrogens is 1. The maximum atomic E-state index is 12.2. The molecular formula is C22H21N7O3S. The van der Waals surface area contributed by atoms with Gasteiger partial charge in [-0.2, -0.15) is 0 Å². The number of aliphatic hydroxyl groups excluding tert-OH is 1. The van der Waals surface area contributed by atoms with Crippen LogP contribution < -0.4 is 9.62 Å². The summed E-state index contributed by atoms with van der Waals surface area (Å²) in [6.07, 6.45) is 2.87. The van der Waals surface area contributed by atoms with Crippen LogP contribution in [0.25, 0.3) is 27.8 Å². The van der Waals surface area contributed by atoms with Gasteiger partial charge in [0.25, 0.3) is 0 Å². The minimum Gasteiger partial charge on any atom is -0.388 e. The SMILES string of the molecule is CN(c1ccccc1-c1ccc2cnc(Nc3ccc4nc(CO)[nH]c4c3)nn12)S(C)(=O)=O. The molecule has 0 fully saturated rings. The zero-order valence-corrected chi connectivity index (χ0v) is 18.7. The number of benzene rings is 2. The van der Waals surface area contributed by atoms with Crippen LogP contribution in [0, 0.1) is 0 Å². The van der Waals surface area contributed by atoms with Crippen molar-refractivity contribution >= 4 is 43.9 Å². The number of anilines is 3. The van der Waals surface area contributed by atoms with Crippen LogP contribution in [-0.4, -0.2) is 51.4 Å². The molecule has 33 heavy (non-hydrogen) atoms. The molecule has 0 aliphatic heterocycles. The maximum Gasteiger partial charge on any atom is 0.245 e. The van der Waals surface area contributed by atoms with Crippen molar-refractivity contribution in [3.05, 3.63) is 66.6 Å². The van der Waals surface area contributed by atoms with Crippen molar-refractivity contribution in [2.24, 2.45) is 0 Å². The lowest BCUT2D eigenvalue weighted by atomic mass is 10.1. The van der Waals surface area contributed by atoms with Gasteiger partial charge in [-0.1, -0.05) is 18.2 Å². The Kier molecular flexibility index (Phi) is 4.99. The van der Waals surface area contributed by atoms with Crippen LogP contribution in [-0.2, 0) is 16.6 Å². The third-order valence-electron chi connectivity index (χ3n) is 5.35. The number of nitrogens with zero attached hydrogens (tertiary/aromatic N) is 5. The summed E-state index contributed by atoms with van der Waals surface area (Å²) in [5.74, 6) is 0.865. The van der Waals surface area contributed by atoms with E-state index < -0.39 is 10.0 Å². The Morgan fingerprint density at radius 2 is 1.97 bits per heavy atom. The van der Waals surface area contributed by atoms with Gasteiger partial charge in [0.15, 0.2) is 0 Å². The molecule has 3 N–H and O–H groups in total. The number of nitrogens with one attached hydrogen (secondary N) is 2. The number of sulfonamides is 1. The van der Waals surface area contributed by atoms with Gasteiger partial charge in [0.05, 0.1) is 40.4 Å². The Labute approximate surface area is 189 Å². The van der Waals surface area contributed by atoms with Crippen LogP contribution >= 0.6 is 0 Å². The molecule has 0 spiro atoms. The number of fused-ring (bicyclic) bond motifs is 2. The first kappa shape index (κ1) is 20.9. The fraction of sp³-hybridized carbons (Fsp3) is 0.136. The molecule has 3 heterocycles. The maximum absolute atomic E-state index is 12.2. The molecule has 0 aliphatic rings. The molecule has 5 aromatic rings. The van der Waals surface area contributed by atoms with Gasteiger partial charge in [-0.25, -0.2) is 22.9 Å². The second-order valence-electron chi connectivity index (χ2n) is 7.58. The number of aromatic amines is 1. The topological polar surface area (TPSA) is 129 Å². The van der Waals surface area contributed by atoms with E-state index >= 15 is 0 Å². The first-order valence-electron chi connectivity index (χ1n) is 10.1. The van der Waals surface area contributed by atoms with Crippen LogP contribution in [0.2, 0.25) is 0 Å². The van der Waals surface area contributed by atoms with Crippen molar-refractivity contribution in [3.63, 3.8) is 0 Å². The standard InChI is InChI=1S/C22H21N7O3S/c1-28(33(2,31)32)19-6-4-3-5-16(19)20-10-8-15-12-23-22(27-29(15)20)24-14-7-9-17-18(11-14)26-21(13-30)25-17/h3-12,30H,13H2,1-2H3,(H,24,27)(H,25,26). The Morgan fingerprint density at radius 1 is 1.15 bits per heavy atom. The van der Waals surface area contributed by atoms with Crippen LogP contribution in [0.1, 0.15) is 5.82 Å². The molecule has 2 aromatic carbocycles. The predicted molar refractivity (Wildman–Crippen MR) is 127 cm³/mol. The average molecular weight is 464 g/mol. The van der Waals surface area contributed by atoms with Crippen molar-refractivity contribution in [2.45, 2.75) is 6.61 Å². The van der Waals surface area contributed by atoms with E-state index in [1.54, 1.807) is 22.8 Å². The second-order valence-corrected chi connectivity index (χ2v) is 9.60. The molecule has 0 saturated carbocycles. The summed E-state index contributed by atoms with van der Waals surface area (Å²) in [5.41, 5.74) is 5.07. The Bertz CT molecular complexity index is 1590. The van der Waals surface area contributed by atoms with E-state index in [1.165, 1.54) is 17.6 Å². The second kappa shape index (κ2) is 7.87. The molecule has 0 bridgehead atoms. The van der Waals surface area contributed by atoms with Gasteiger partial charge in [0.2, 0.25) is 16.0 Å². The van der Waals surface area contributed by atoms with Crippen LogP contribution in [0.3, 0.4) is 0 Å². The summed E-state index contributed by atoms with van der Waals surface area (Å²) >= 11 is 0.